The lowest BCUT2D eigenvalue weighted by molar-refractivity contribution is 0.489. The van der Waals surface area contributed by atoms with Crippen molar-refractivity contribution in [2.45, 2.75) is 13.0 Å². The topological polar surface area (TPSA) is 68.8 Å². The minimum Gasteiger partial charge on any atom is -0.467 e. The summed E-state index contributed by atoms with van der Waals surface area (Å²) in [6.07, 6.45) is 5.16. The molecule has 0 fully saturated rings. The van der Waals surface area contributed by atoms with E-state index < -0.39 is 0 Å². The van der Waals surface area contributed by atoms with Gasteiger partial charge in [0.2, 0.25) is 5.95 Å². The second-order valence-electron chi connectivity index (χ2n) is 5.22. The molecule has 0 radical (unpaired) electrons. The fourth-order valence-corrected chi connectivity index (χ4v) is 2.50. The lowest BCUT2D eigenvalue weighted by Gasteiger charge is -2.12. The molecule has 0 saturated carbocycles. The Morgan fingerprint density at radius 1 is 1.13 bits per heavy atom. The van der Waals surface area contributed by atoms with E-state index in [4.69, 9.17) is 4.42 Å². The number of imidazole rings is 1. The Hall–Kier alpha value is -3.15. The maximum Gasteiger partial charge on any atom is 0.225 e. The van der Waals surface area contributed by atoms with Crippen molar-refractivity contribution in [2.75, 3.05) is 5.32 Å². The second kappa shape index (κ2) is 5.57. The van der Waals surface area contributed by atoms with Gasteiger partial charge in [-0.3, -0.25) is 4.57 Å². The van der Waals surface area contributed by atoms with Crippen molar-refractivity contribution in [3.63, 3.8) is 0 Å². The molecule has 1 unspecified atom stereocenters. The van der Waals surface area contributed by atoms with Crippen LogP contribution in [0.5, 0.6) is 0 Å². The predicted molar refractivity (Wildman–Crippen MR) is 89.5 cm³/mol. The number of furan rings is 1. The van der Waals surface area contributed by atoms with Crippen molar-refractivity contribution in [2.24, 2.45) is 0 Å². The summed E-state index contributed by atoms with van der Waals surface area (Å²) in [5, 5.41) is 3.24. The fraction of sp³-hybridized carbons (Fsp3) is 0.118. The Morgan fingerprint density at radius 3 is 2.91 bits per heavy atom. The van der Waals surface area contributed by atoms with Gasteiger partial charge in [0.1, 0.15) is 17.9 Å². The molecule has 6 nitrogen and oxygen atoms in total. The second-order valence-corrected chi connectivity index (χ2v) is 5.22. The highest BCUT2D eigenvalue weighted by Gasteiger charge is 2.11. The molecule has 116 valence electrons. The third kappa shape index (κ3) is 2.55. The molecule has 0 aliphatic rings. The van der Waals surface area contributed by atoms with Gasteiger partial charge in [0.05, 0.1) is 23.3 Å². The molecule has 0 aliphatic heterocycles. The van der Waals surface area contributed by atoms with Crippen LogP contribution < -0.4 is 5.32 Å². The maximum absolute atomic E-state index is 5.39. The zero-order valence-electron chi connectivity index (χ0n) is 12.5. The normalized spacial score (nSPS) is 12.4. The Kier molecular flexibility index (Phi) is 3.27. The monoisotopic (exact) mass is 307 g/mol. The van der Waals surface area contributed by atoms with Gasteiger partial charge in [-0.15, -0.1) is 0 Å². The number of fused-ring (bicyclic) bond motifs is 1. The van der Waals surface area contributed by atoms with Crippen molar-refractivity contribution in [1.29, 1.82) is 0 Å². The van der Waals surface area contributed by atoms with Gasteiger partial charge >= 0.3 is 0 Å². The molecule has 23 heavy (non-hydrogen) atoms. The highest BCUT2D eigenvalue weighted by Crippen LogP contribution is 2.19. The molecule has 0 aliphatic carbocycles. The molecule has 3 heterocycles. The highest BCUT2D eigenvalue weighted by molar-refractivity contribution is 5.76. The van der Waals surface area contributed by atoms with Crippen LogP contribution in [0, 0.1) is 0 Å². The average molecular weight is 307 g/mol. The van der Waals surface area contributed by atoms with E-state index >= 15 is 0 Å². The van der Waals surface area contributed by atoms with Gasteiger partial charge in [0, 0.05) is 7.62 Å². The van der Waals surface area contributed by atoms with Crippen LogP contribution in [0.3, 0.4) is 0 Å². The smallest absolute Gasteiger partial charge is 0.225 e. The lowest BCUT2D eigenvalue weighted by atomic mass is 10.2. The number of rotatable bonds is 4. The quantitative estimate of drug-likeness (QED) is 0.620. The summed E-state index contributed by atoms with van der Waals surface area (Å²) in [7, 11) is 0. The molecule has 1 atom stereocenters. The molecule has 0 saturated heterocycles. The zero-order chi connectivity index (χ0) is 15.6. The fourth-order valence-electron chi connectivity index (χ4n) is 2.50. The van der Waals surface area contributed by atoms with Gasteiger partial charge in [-0.2, -0.15) is 4.98 Å². The largest absolute Gasteiger partial charge is 0.467 e. The Balaban J connectivity index is 0.00000169. The molecule has 4 aromatic rings. The first-order valence-corrected chi connectivity index (χ1v) is 7.37. The van der Waals surface area contributed by atoms with Gasteiger partial charge in [0.25, 0.3) is 0 Å². The summed E-state index contributed by atoms with van der Waals surface area (Å²) in [5.41, 5.74) is 1.95. The van der Waals surface area contributed by atoms with E-state index in [1.165, 1.54) is 0 Å². The molecule has 0 amide bonds. The number of benzene rings is 1. The first-order valence-electron chi connectivity index (χ1n) is 7.37. The predicted octanol–water partition coefficient (Wildman–Crippen LogP) is 3.83. The molecule has 1 aromatic carbocycles. The lowest BCUT2D eigenvalue weighted by Crippen LogP contribution is -2.10. The van der Waals surface area contributed by atoms with Crippen molar-refractivity contribution in [3.8, 4) is 5.82 Å². The van der Waals surface area contributed by atoms with Crippen LogP contribution in [0.25, 0.3) is 16.9 Å². The van der Waals surface area contributed by atoms with E-state index in [1.807, 2.05) is 54.0 Å². The third-order valence-electron chi connectivity index (χ3n) is 3.66. The standard InChI is InChI=1S/C17H15N5O.H2/c1-12(15-7-4-10-23-15)20-17-18-9-8-16(21-17)22-11-19-13-5-2-3-6-14(13)22;/h2-12H,1H3,(H,18,20,21);1H. The number of aromatic nitrogens is 4. The molecular weight excluding hydrogens is 290 g/mol. The maximum atomic E-state index is 5.39. The van der Waals surface area contributed by atoms with Crippen LogP contribution in [-0.2, 0) is 0 Å². The first-order chi connectivity index (χ1) is 11.3. The van der Waals surface area contributed by atoms with Gasteiger partial charge < -0.3 is 9.73 Å². The Labute approximate surface area is 134 Å². The summed E-state index contributed by atoms with van der Waals surface area (Å²) in [4.78, 5) is 13.2. The summed E-state index contributed by atoms with van der Waals surface area (Å²) in [6.45, 7) is 2.00. The van der Waals surface area contributed by atoms with E-state index in [0.717, 1.165) is 22.6 Å². The third-order valence-corrected chi connectivity index (χ3v) is 3.66. The molecule has 4 rings (SSSR count). The minimum absolute atomic E-state index is 0. The number of para-hydroxylation sites is 2. The zero-order valence-corrected chi connectivity index (χ0v) is 12.5. The molecular formula is C17H17N5O. The van der Waals surface area contributed by atoms with Gasteiger partial charge in [-0.1, -0.05) is 12.1 Å². The van der Waals surface area contributed by atoms with Gasteiger partial charge in [0.15, 0.2) is 0 Å². The summed E-state index contributed by atoms with van der Waals surface area (Å²) < 4.78 is 7.34. The van der Waals surface area contributed by atoms with Crippen molar-refractivity contribution in [3.05, 3.63) is 67.0 Å². The molecule has 3 aromatic heterocycles. The van der Waals surface area contributed by atoms with E-state index in [2.05, 4.69) is 20.3 Å². The van der Waals surface area contributed by atoms with Crippen LogP contribution in [-0.4, -0.2) is 19.5 Å². The Bertz CT molecular complexity index is 935. The van der Waals surface area contributed by atoms with Crippen molar-refractivity contribution in [1.82, 2.24) is 19.5 Å². The molecule has 0 bridgehead atoms. The van der Waals surface area contributed by atoms with Crippen LogP contribution in [0.4, 0.5) is 5.95 Å². The molecule has 0 spiro atoms. The highest BCUT2D eigenvalue weighted by atomic mass is 16.3. The van der Waals surface area contributed by atoms with Gasteiger partial charge in [-0.05, 0) is 37.3 Å². The van der Waals surface area contributed by atoms with E-state index in [9.17, 15) is 0 Å². The van der Waals surface area contributed by atoms with Crippen molar-refractivity contribution < 1.29 is 5.84 Å². The van der Waals surface area contributed by atoms with Crippen molar-refractivity contribution >= 4 is 17.0 Å². The minimum atomic E-state index is -0.0141. The number of nitrogens with zero attached hydrogens (tertiary/aromatic N) is 4. The first kappa shape index (κ1) is 13.5. The summed E-state index contributed by atoms with van der Waals surface area (Å²) in [6, 6.07) is 13.6. The van der Waals surface area contributed by atoms with E-state index in [1.54, 1.807) is 18.8 Å². The summed E-state index contributed by atoms with van der Waals surface area (Å²) in [5.74, 6) is 2.15. The van der Waals surface area contributed by atoms with Crippen LogP contribution in [0.1, 0.15) is 20.2 Å². The van der Waals surface area contributed by atoms with E-state index in [-0.39, 0.29) is 7.47 Å². The Morgan fingerprint density at radius 2 is 2.04 bits per heavy atom. The van der Waals surface area contributed by atoms with Gasteiger partial charge in [-0.25, -0.2) is 9.97 Å². The number of nitrogens with one attached hydrogen (secondary N) is 1. The van der Waals surface area contributed by atoms with Crippen LogP contribution in [0.2, 0.25) is 0 Å². The van der Waals surface area contributed by atoms with Crippen LogP contribution >= 0.6 is 0 Å². The number of anilines is 1. The summed E-state index contributed by atoms with van der Waals surface area (Å²) >= 11 is 0. The molecule has 6 heteroatoms. The van der Waals surface area contributed by atoms with Crippen LogP contribution in [0.15, 0.2) is 65.7 Å². The molecule has 1 N–H and O–H groups in total. The SMILES string of the molecule is CC(Nc1nccc(-n2cnc3ccccc32)n1)c1ccco1.[HH]. The average Bonchev–Trinajstić information content (AvgIpc) is 3.25. The number of hydrogen-bond acceptors (Lipinski definition) is 5. The number of hydrogen-bond donors (Lipinski definition) is 1. The van der Waals surface area contributed by atoms with E-state index in [0.29, 0.717) is 5.95 Å².